The van der Waals surface area contributed by atoms with E-state index >= 15 is 0 Å². The predicted octanol–water partition coefficient (Wildman–Crippen LogP) is 5.03. The van der Waals surface area contributed by atoms with Crippen LogP contribution in [0.3, 0.4) is 0 Å². The molecule has 102 valence electrons. The van der Waals surface area contributed by atoms with Crippen molar-refractivity contribution in [1.82, 2.24) is 0 Å². The van der Waals surface area contributed by atoms with E-state index in [0.717, 1.165) is 22.6 Å². The van der Waals surface area contributed by atoms with Gasteiger partial charge < -0.3 is 4.74 Å². The average molecular weight is 305 g/mol. The third-order valence-corrected chi connectivity index (χ3v) is 5.75. The maximum Gasteiger partial charge on any atom is 0.0622 e. The van der Waals surface area contributed by atoms with Crippen LogP contribution in [0.15, 0.2) is 0 Å². The van der Waals surface area contributed by atoms with Gasteiger partial charge in [-0.2, -0.15) is 0 Å². The normalized spacial score (nSPS) is 30.9. The Kier molecular flexibility index (Phi) is 5.98. The van der Waals surface area contributed by atoms with E-state index in [2.05, 4.69) is 43.6 Å². The van der Waals surface area contributed by atoms with Crippen molar-refractivity contribution in [1.29, 1.82) is 0 Å². The molecule has 0 heterocycles. The quantitative estimate of drug-likeness (QED) is 0.647. The van der Waals surface area contributed by atoms with Crippen LogP contribution in [0.25, 0.3) is 0 Å². The van der Waals surface area contributed by atoms with Gasteiger partial charge in [0.1, 0.15) is 0 Å². The molecule has 0 spiro atoms. The molecule has 1 nitrogen and oxygen atoms in total. The molecule has 3 unspecified atom stereocenters. The summed E-state index contributed by atoms with van der Waals surface area (Å²) in [7, 11) is 1.82. The highest BCUT2D eigenvalue weighted by molar-refractivity contribution is 9.09. The number of halogens is 1. The van der Waals surface area contributed by atoms with Crippen molar-refractivity contribution in [3.8, 4) is 0 Å². The zero-order chi connectivity index (χ0) is 13.1. The Bertz CT molecular complexity index is 225. The fourth-order valence-corrected chi connectivity index (χ4v) is 3.55. The summed E-state index contributed by atoms with van der Waals surface area (Å²) in [5.41, 5.74) is 0.0392. The van der Waals surface area contributed by atoms with Gasteiger partial charge in [-0.3, -0.25) is 0 Å². The molecular formula is C15H29BrO. The van der Waals surface area contributed by atoms with E-state index in [-0.39, 0.29) is 5.60 Å². The third kappa shape index (κ3) is 4.90. The molecule has 1 fully saturated rings. The van der Waals surface area contributed by atoms with Gasteiger partial charge in [0.05, 0.1) is 5.60 Å². The molecule has 1 saturated carbocycles. The summed E-state index contributed by atoms with van der Waals surface area (Å²) in [6.45, 7) is 9.13. The summed E-state index contributed by atoms with van der Waals surface area (Å²) in [5.74, 6) is 2.61. The number of hydrogen-bond donors (Lipinski definition) is 0. The summed E-state index contributed by atoms with van der Waals surface area (Å²) >= 11 is 3.88. The first-order valence-corrected chi connectivity index (χ1v) is 7.96. The number of alkyl halides is 1. The van der Waals surface area contributed by atoms with Crippen LogP contribution >= 0.6 is 15.9 Å². The van der Waals surface area contributed by atoms with Crippen LogP contribution in [0.2, 0.25) is 0 Å². The van der Waals surface area contributed by atoms with E-state index in [1.165, 1.54) is 32.1 Å². The highest BCUT2D eigenvalue weighted by Gasteiger charge is 2.31. The predicted molar refractivity (Wildman–Crippen MR) is 78.7 cm³/mol. The Labute approximate surface area is 116 Å². The zero-order valence-electron chi connectivity index (χ0n) is 12.1. The molecule has 0 aromatic carbocycles. The lowest BCUT2D eigenvalue weighted by atomic mass is 9.74. The first-order chi connectivity index (χ1) is 7.85. The molecule has 1 rings (SSSR count). The van der Waals surface area contributed by atoms with E-state index in [1.807, 2.05) is 7.11 Å². The van der Waals surface area contributed by atoms with Gasteiger partial charge in [0.25, 0.3) is 0 Å². The Morgan fingerprint density at radius 2 is 1.94 bits per heavy atom. The Balaban J connectivity index is 2.45. The van der Waals surface area contributed by atoms with Gasteiger partial charge >= 0.3 is 0 Å². The maximum atomic E-state index is 5.52. The molecule has 0 bridgehead atoms. The average Bonchev–Trinajstić information content (AvgIpc) is 2.27. The fraction of sp³-hybridized carbons (Fsp3) is 1.00. The molecule has 0 radical (unpaired) electrons. The third-order valence-electron chi connectivity index (χ3n) is 4.54. The Morgan fingerprint density at radius 1 is 1.29 bits per heavy atom. The van der Waals surface area contributed by atoms with E-state index in [4.69, 9.17) is 4.74 Å². The van der Waals surface area contributed by atoms with E-state index in [1.54, 1.807) is 0 Å². The van der Waals surface area contributed by atoms with Crippen molar-refractivity contribution in [2.75, 3.05) is 7.11 Å². The van der Waals surface area contributed by atoms with Crippen LogP contribution in [0.5, 0.6) is 0 Å². The molecule has 1 aliphatic carbocycles. The smallest absolute Gasteiger partial charge is 0.0622 e. The van der Waals surface area contributed by atoms with Crippen LogP contribution in [-0.2, 0) is 4.74 Å². The fourth-order valence-electron chi connectivity index (χ4n) is 2.80. The topological polar surface area (TPSA) is 9.23 Å². The summed E-state index contributed by atoms with van der Waals surface area (Å²) in [5, 5.41) is 0. The number of methoxy groups -OCH3 is 1. The van der Waals surface area contributed by atoms with Gasteiger partial charge in [-0.05, 0) is 63.7 Å². The second-order valence-corrected chi connectivity index (χ2v) is 7.77. The van der Waals surface area contributed by atoms with E-state index in [0.29, 0.717) is 0 Å². The van der Waals surface area contributed by atoms with Crippen molar-refractivity contribution in [2.24, 2.45) is 17.8 Å². The highest BCUT2D eigenvalue weighted by Crippen LogP contribution is 2.40. The van der Waals surface area contributed by atoms with Gasteiger partial charge in [0, 0.05) is 11.9 Å². The van der Waals surface area contributed by atoms with E-state index in [9.17, 15) is 0 Å². The molecule has 2 heteroatoms. The molecule has 0 aromatic heterocycles. The lowest BCUT2D eigenvalue weighted by Gasteiger charge is -2.36. The molecule has 0 saturated heterocycles. The SMILES string of the molecule is COC(C)(C)CCC1CC(C(C)C)CCC1Br. The standard InChI is InChI=1S/C15H29BrO/c1-11(2)12-6-7-14(16)13(10-12)8-9-15(3,4)17-5/h11-14H,6-10H2,1-5H3. The summed E-state index contributed by atoms with van der Waals surface area (Å²) in [6, 6.07) is 0. The second kappa shape index (κ2) is 6.56. The first-order valence-electron chi connectivity index (χ1n) is 7.05. The van der Waals surface area contributed by atoms with Crippen molar-refractivity contribution >= 4 is 15.9 Å². The molecule has 3 atom stereocenters. The summed E-state index contributed by atoms with van der Waals surface area (Å²) < 4.78 is 5.52. The zero-order valence-corrected chi connectivity index (χ0v) is 13.7. The van der Waals surface area contributed by atoms with Gasteiger partial charge in [0.15, 0.2) is 0 Å². The molecule has 0 N–H and O–H groups in total. The molecule has 17 heavy (non-hydrogen) atoms. The summed E-state index contributed by atoms with van der Waals surface area (Å²) in [4.78, 5) is 0.727. The molecular weight excluding hydrogens is 276 g/mol. The minimum Gasteiger partial charge on any atom is -0.379 e. The molecule has 0 amide bonds. The lowest BCUT2D eigenvalue weighted by Crippen LogP contribution is -2.30. The van der Waals surface area contributed by atoms with Crippen LogP contribution in [0.1, 0.15) is 59.8 Å². The van der Waals surface area contributed by atoms with Gasteiger partial charge in [-0.1, -0.05) is 29.8 Å². The number of hydrogen-bond acceptors (Lipinski definition) is 1. The second-order valence-electron chi connectivity index (χ2n) is 6.60. The Morgan fingerprint density at radius 3 is 2.47 bits per heavy atom. The maximum absolute atomic E-state index is 5.52. The molecule has 1 aliphatic rings. The van der Waals surface area contributed by atoms with E-state index < -0.39 is 0 Å². The summed E-state index contributed by atoms with van der Waals surface area (Å²) in [6.07, 6.45) is 6.60. The minimum absolute atomic E-state index is 0.0392. The number of rotatable bonds is 5. The highest BCUT2D eigenvalue weighted by atomic mass is 79.9. The first kappa shape index (κ1) is 15.5. The van der Waals surface area contributed by atoms with Crippen LogP contribution in [-0.4, -0.2) is 17.5 Å². The number of ether oxygens (including phenoxy) is 1. The molecule has 0 aliphatic heterocycles. The molecule has 0 aromatic rings. The van der Waals surface area contributed by atoms with Crippen molar-refractivity contribution < 1.29 is 4.74 Å². The van der Waals surface area contributed by atoms with Crippen molar-refractivity contribution in [3.05, 3.63) is 0 Å². The monoisotopic (exact) mass is 304 g/mol. The van der Waals surface area contributed by atoms with Crippen molar-refractivity contribution in [3.63, 3.8) is 0 Å². The van der Waals surface area contributed by atoms with Gasteiger partial charge in [-0.15, -0.1) is 0 Å². The largest absolute Gasteiger partial charge is 0.379 e. The van der Waals surface area contributed by atoms with Gasteiger partial charge in [-0.25, -0.2) is 0 Å². The van der Waals surface area contributed by atoms with Crippen LogP contribution in [0, 0.1) is 17.8 Å². The van der Waals surface area contributed by atoms with Gasteiger partial charge in [0.2, 0.25) is 0 Å². The van der Waals surface area contributed by atoms with Crippen molar-refractivity contribution in [2.45, 2.75) is 70.2 Å². The lowest BCUT2D eigenvalue weighted by molar-refractivity contribution is 0.00809. The van der Waals surface area contributed by atoms with Crippen LogP contribution < -0.4 is 0 Å². The minimum atomic E-state index is 0.0392. The van der Waals surface area contributed by atoms with Crippen LogP contribution in [0.4, 0.5) is 0 Å². The Hall–Kier alpha value is 0.440.